The normalized spacial score (nSPS) is 9.30. The van der Waals surface area contributed by atoms with Gasteiger partial charge in [0.05, 0.1) is 5.56 Å². The van der Waals surface area contributed by atoms with Gasteiger partial charge >= 0.3 is 5.97 Å². The lowest BCUT2D eigenvalue weighted by Gasteiger charge is -1.90. The number of nitrogens with two attached hydrogens (primary N) is 4. The van der Waals surface area contributed by atoms with Gasteiger partial charge in [-0.15, -0.1) is 0 Å². The summed E-state index contributed by atoms with van der Waals surface area (Å²) < 4.78 is 0. The van der Waals surface area contributed by atoms with E-state index in [4.69, 9.17) is 28.0 Å². The van der Waals surface area contributed by atoms with E-state index in [1.165, 1.54) is 103 Å². The number of hydrogen-bond donors (Lipinski definition) is 5. The first-order chi connectivity index (χ1) is 18.0. The third-order valence-electron chi connectivity index (χ3n) is 5.25. The van der Waals surface area contributed by atoms with Gasteiger partial charge in [-0.25, -0.2) is 4.79 Å². The number of hydrogen-bond acceptors (Lipinski definition) is 5. The van der Waals surface area contributed by atoms with Crippen LogP contribution < -0.4 is 22.9 Å². The molecule has 0 unspecified atom stereocenters. The maximum absolute atomic E-state index is 10.2. The molecular formula is C31H66N4O2. The molecule has 1 aromatic rings. The Morgan fingerprint density at radius 2 is 0.784 bits per heavy atom. The molecule has 0 fully saturated rings. The average Bonchev–Trinajstić information content (AvgIpc) is 2.92. The molecule has 9 N–H and O–H groups in total. The van der Waals surface area contributed by atoms with E-state index >= 15 is 0 Å². The molecule has 0 saturated carbocycles. The number of carbonyl (C=O) groups is 1. The molecule has 0 bridgehead atoms. The summed E-state index contributed by atoms with van der Waals surface area (Å²) in [4.78, 5) is 10.2. The largest absolute Gasteiger partial charge is 0.478 e. The van der Waals surface area contributed by atoms with Crippen molar-refractivity contribution in [3.8, 4) is 0 Å². The minimum absolute atomic E-state index is 0.331. The fourth-order valence-electron chi connectivity index (χ4n) is 2.87. The highest BCUT2D eigenvalue weighted by Crippen LogP contribution is 1.98. The number of aromatic carboxylic acids is 1. The van der Waals surface area contributed by atoms with Gasteiger partial charge in [0.25, 0.3) is 0 Å². The molecule has 6 heteroatoms. The molecule has 0 atom stereocenters. The molecule has 0 saturated heterocycles. The Labute approximate surface area is 231 Å². The molecule has 0 spiro atoms. The maximum atomic E-state index is 10.2. The summed E-state index contributed by atoms with van der Waals surface area (Å²) in [5, 5.41) is 8.38. The van der Waals surface area contributed by atoms with Crippen molar-refractivity contribution in [2.45, 2.75) is 130 Å². The zero-order valence-electron chi connectivity index (χ0n) is 25.2. The SMILES string of the molecule is CCCCCCN.CCCCCCN.CCCCCCN.CCCCCCN.O=C(O)c1ccccc1. The van der Waals surface area contributed by atoms with E-state index in [0.717, 1.165) is 26.2 Å². The summed E-state index contributed by atoms with van der Waals surface area (Å²) in [6.07, 6.45) is 20.7. The molecular weight excluding hydrogens is 460 g/mol. The van der Waals surface area contributed by atoms with Crippen LogP contribution in [0.4, 0.5) is 0 Å². The van der Waals surface area contributed by atoms with E-state index in [2.05, 4.69) is 27.7 Å². The smallest absolute Gasteiger partial charge is 0.335 e. The molecule has 0 amide bonds. The van der Waals surface area contributed by atoms with Gasteiger partial charge in [-0.3, -0.25) is 0 Å². The van der Waals surface area contributed by atoms with Crippen molar-refractivity contribution in [2.75, 3.05) is 26.2 Å². The molecule has 0 heterocycles. The summed E-state index contributed by atoms with van der Waals surface area (Å²) in [7, 11) is 0. The zero-order chi connectivity index (χ0) is 28.8. The predicted octanol–water partition coefficient (Wildman–Crippen LogP) is 7.49. The average molecular weight is 527 g/mol. The van der Waals surface area contributed by atoms with Crippen LogP contribution in [0.5, 0.6) is 0 Å². The van der Waals surface area contributed by atoms with Crippen LogP contribution in [0.1, 0.15) is 141 Å². The van der Waals surface area contributed by atoms with Crippen LogP contribution in [0, 0.1) is 0 Å². The Morgan fingerprint density at radius 3 is 0.946 bits per heavy atom. The van der Waals surface area contributed by atoms with Gasteiger partial charge in [-0.2, -0.15) is 0 Å². The number of carboxylic acids is 1. The van der Waals surface area contributed by atoms with E-state index in [9.17, 15) is 4.79 Å². The predicted molar refractivity (Wildman–Crippen MR) is 166 cm³/mol. The lowest BCUT2D eigenvalue weighted by molar-refractivity contribution is 0.0697. The number of benzene rings is 1. The second kappa shape index (κ2) is 44.5. The number of carboxylic acid groups (broad SMARTS) is 1. The van der Waals surface area contributed by atoms with E-state index < -0.39 is 5.97 Å². The highest BCUT2D eigenvalue weighted by molar-refractivity contribution is 5.87. The molecule has 0 aromatic heterocycles. The van der Waals surface area contributed by atoms with Crippen molar-refractivity contribution < 1.29 is 9.90 Å². The molecule has 37 heavy (non-hydrogen) atoms. The summed E-state index contributed by atoms with van der Waals surface area (Å²) in [5.41, 5.74) is 21.4. The first-order valence-electron chi connectivity index (χ1n) is 15.0. The third kappa shape index (κ3) is 51.9. The van der Waals surface area contributed by atoms with Gasteiger partial charge in [0.1, 0.15) is 0 Å². The van der Waals surface area contributed by atoms with E-state index in [0.29, 0.717) is 5.56 Å². The van der Waals surface area contributed by atoms with Crippen molar-refractivity contribution in [2.24, 2.45) is 22.9 Å². The molecule has 0 aliphatic heterocycles. The topological polar surface area (TPSA) is 141 Å². The summed E-state index contributed by atoms with van der Waals surface area (Å²) in [6, 6.07) is 8.30. The van der Waals surface area contributed by atoms with Gasteiger partial charge in [-0.1, -0.05) is 123 Å². The fraction of sp³-hybridized carbons (Fsp3) is 0.774. The van der Waals surface area contributed by atoms with E-state index in [1.807, 2.05) is 0 Å². The van der Waals surface area contributed by atoms with E-state index in [1.54, 1.807) is 30.3 Å². The first-order valence-corrected chi connectivity index (χ1v) is 15.0. The summed E-state index contributed by atoms with van der Waals surface area (Å²) >= 11 is 0. The van der Waals surface area contributed by atoms with Crippen LogP contribution in [-0.4, -0.2) is 37.3 Å². The van der Waals surface area contributed by atoms with Crippen molar-refractivity contribution in [3.05, 3.63) is 35.9 Å². The van der Waals surface area contributed by atoms with Crippen LogP contribution in [0.15, 0.2) is 30.3 Å². The second-order valence-corrected chi connectivity index (χ2v) is 9.07. The molecule has 0 aliphatic carbocycles. The van der Waals surface area contributed by atoms with Gasteiger partial charge in [-0.05, 0) is 64.0 Å². The standard InChI is InChI=1S/C7H6O2.4C6H15N/c8-7(9)6-4-2-1-3-5-6;4*1-2-3-4-5-6-7/h1-5H,(H,8,9);4*2-7H2,1H3. The lowest BCUT2D eigenvalue weighted by atomic mass is 10.2. The molecule has 1 rings (SSSR count). The Hall–Kier alpha value is -1.47. The van der Waals surface area contributed by atoms with Gasteiger partial charge in [0.15, 0.2) is 0 Å². The van der Waals surface area contributed by atoms with Crippen LogP contribution in [0.3, 0.4) is 0 Å². The second-order valence-electron chi connectivity index (χ2n) is 9.07. The van der Waals surface area contributed by atoms with Crippen molar-refractivity contribution >= 4 is 5.97 Å². The highest BCUT2D eigenvalue weighted by atomic mass is 16.4. The van der Waals surface area contributed by atoms with Crippen LogP contribution in [0.2, 0.25) is 0 Å². The molecule has 0 radical (unpaired) electrons. The van der Waals surface area contributed by atoms with Crippen molar-refractivity contribution in [1.29, 1.82) is 0 Å². The minimum Gasteiger partial charge on any atom is -0.478 e. The van der Waals surface area contributed by atoms with Gasteiger partial charge in [0, 0.05) is 0 Å². The van der Waals surface area contributed by atoms with Crippen molar-refractivity contribution in [1.82, 2.24) is 0 Å². The minimum atomic E-state index is -0.879. The van der Waals surface area contributed by atoms with Crippen LogP contribution in [0.25, 0.3) is 0 Å². The Bertz CT molecular complexity index is 431. The van der Waals surface area contributed by atoms with E-state index in [-0.39, 0.29) is 0 Å². The first kappa shape index (κ1) is 42.6. The van der Waals surface area contributed by atoms with Crippen LogP contribution in [-0.2, 0) is 0 Å². The maximum Gasteiger partial charge on any atom is 0.335 e. The van der Waals surface area contributed by atoms with Gasteiger partial charge < -0.3 is 28.0 Å². The lowest BCUT2D eigenvalue weighted by Crippen LogP contribution is -1.97. The third-order valence-corrected chi connectivity index (χ3v) is 5.25. The molecule has 0 aliphatic rings. The summed E-state index contributed by atoms with van der Waals surface area (Å²) in [5.74, 6) is -0.879. The number of unbranched alkanes of at least 4 members (excludes halogenated alkanes) is 12. The van der Waals surface area contributed by atoms with Crippen LogP contribution >= 0.6 is 0 Å². The Balaban J connectivity index is -0.000000185. The van der Waals surface area contributed by atoms with Crippen molar-refractivity contribution in [3.63, 3.8) is 0 Å². The quantitative estimate of drug-likeness (QED) is 0.133. The highest BCUT2D eigenvalue weighted by Gasteiger charge is 1.96. The zero-order valence-corrected chi connectivity index (χ0v) is 25.2. The Kier molecular flexibility index (Phi) is 51.3. The Morgan fingerprint density at radius 1 is 0.514 bits per heavy atom. The molecule has 1 aromatic carbocycles. The fourth-order valence-corrected chi connectivity index (χ4v) is 2.87. The molecule has 6 nitrogen and oxygen atoms in total. The molecule has 222 valence electrons. The van der Waals surface area contributed by atoms with Gasteiger partial charge in [0.2, 0.25) is 0 Å². The monoisotopic (exact) mass is 527 g/mol. The number of rotatable bonds is 17. The summed E-state index contributed by atoms with van der Waals surface area (Å²) in [6.45, 7) is 12.3.